The van der Waals surface area contributed by atoms with Gasteiger partial charge in [0.1, 0.15) is 5.82 Å². The largest absolute Gasteiger partial charge is 0.338 e. The molecule has 3 aromatic carbocycles. The molecule has 1 aromatic heterocycles. The molecule has 2 heterocycles. The summed E-state index contributed by atoms with van der Waals surface area (Å²) in [6.07, 6.45) is 2.71. The summed E-state index contributed by atoms with van der Waals surface area (Å²) in [4.78, 5) is 8.13. The minimum Gasteiger partial charge on any atom is -0.338 e. The first-order valence-corrected chi connectivity index (χ1v) is 11.3. The van der Waals surface area contributed by atoms with E-state index in [9.17, 15) is 8.42 Å². The molecule has 1 aliphatic heterocycles. The van der Waals surface area contributed by atoms with Crippen molar-refractivity contribution in [2.45, 2.75) is 11.3 Å². The predicted molar refractivity (Wildman–Crippen MR) is 119 cm³/mol. The monoisotopic (exact) mass is 415 g/mol. The minimum atomic E-state index is -3.57. The van der Waals surface area contributed by atoms with Gasteiger partial charge in [0.2, 0.25) is 10.0 Å². The van der Waals surface area contributed by atoms with Crippen LogP contribution < -0.4 is 0 Å². The Morgan fingerprint density at radius 1 is 0.867 bits per heavy atom. The molecule has 5 rings (SSSR count). The van der Waals surface area contributed by atoms with E-state index in [-0.39, 0.29) is 4.90 Å². The van der Waals surface area contributed by atoms with E-state index in [1.54, 1.807) is 18.2 Å². The number of benzene rings is 3. The van der Waals surface area contributed by atoms with Crippen molar-refractivity contribution in [3.05, 3.63) is 90.5 Å². The van der Waals surface area contributed by atoms with E-state index < -0.39 is 10.0 Å². The van der Waals surface area contributed by atoms with Crippen molar-refractivity contribution in [1.82, 2.24) is 14.3 Å². The zero-order valence-corrected chi connectivity index (χ0v) is 17.1. The highest BCUT2D eigenvalue weighted by molar-refractivity contribution is 7.89. The van der Waals surface area contributed by atoms with Crippen LogP contribution >= 0.6 is 0 Å². The molecule has 0 amide bonds. The lowest BCUT2D eigenvalue weighted by atomic mass is 10.0. The molecule has 0 saturated heterocycles. The normalized spacial score (nSPS) is 15.3. The van der Waals surface area contributed by atoms with Gasteiger partial charge in [-0.1, -0.05) is 66.7 Å². The van der Waals surface area contributed by atoms with E-state index in [2.05, 4.69) is 22.1 Å². The maximum atomic E-state index is 13.2. The summed E-state index contributed by atoms with van der Waals surface area (Å²) in [7, 11) is -3.57. The first kappa shape index (κ1) is 18.8. The Labute approximate surface area is 175 Å². The smallest absolute Gasteiger partial charge is 0.243 e. The fraction of sp³-hybridized carbons (Fsp3) is 0.125. The average molecular weight is 416 g/mol. The molecule has 0 spiro atoms. The van der Waals surface area contributed by atoms with Crippen LogP contribution in [0.15, 0.2) is 89.8 Å². The van der Waals surface area contributed by atoms with Gasteiger partial charge in [-0.25, -0.2) is 13.4 Å². The van der Waals surface area contributed by atoms with Gasteiger partial charge in [-0.3, -0.25) is 0 Å². The van der Waals surface area contributed by atoms with Gasteiger partial charge in [0.05, 0.1) is 15.9 Å². The molecule has 1 N–H and O–H groups in total. The molecule has 0 fully saturated rings. The Kier molecular flexibility index (Phi) is 4.73. The van der Waals surface area contributed by atoms with Crippen molar-refractivity contribution >= 4 is 26.6 Å². The standard InChI is InChI=1S/C24H21N3O2S/c28-30(29,27-15-13-19(14-16-27)18-7-3-1-4-8-18)21-11-12-22-23(17-21)26-24(25-22)20-9-5-2-6-10-20/h1-13,17H,14-16H2,(H,25,26). The van der Waals surface area contributed by atoms with Crippen LogP contribution in [0.2, 0.25) is 0 Å². The fourth-order valence-electron chi connectivity index (χ4n) is 3.81. The molecule has 4 aromatic rings. The van der Waals surface area contributed by atoms with Crippen LogP contribution in [0, 0.1) is 0 Å². The highest BCUT2D eigenvalue weighted by atomic mass is 32.2. The summed E-state index contributed by atoms with van der Waals surface area (Å²) >= 11 is 0. The molecule has 0 atom stereocenters. The molecule has 0 saturated carbocycles. The van der Waals surface area contributed by atoms with Gasteiger partial charge in [0, 0.05) is 18.7 Å². The number of rotatable bonds is 4. The van der Waals surface area contributed by atoms with Crippen molar-refractivity contribution in [3.8, 4) is 11.4 Å². The summed E-state index contributed by atoms with van der Waals surface area (Å²) in [6.45, 7) is 0.849. The number of nitrogens with zero attached hydrogens (tertiary/aromatic N) is 2. The lowest BCUT2D eigenvalue weighted by Crippen LogP contribution is -2.34. The molecule has 6 heteroatoms. The van der Waals surface area contributed by atoms with Gasteiger partial charge in [0.25, 0.3) is 0 Å². The van der Waals surface area contributed by atoms with E-state index in [0.29, 0.717) is 25.0 Å². The molecule has 30 heavy (non-hydrogen) atoms. The van der Waals surface area contributed by atoms with Crippen molar-refractivity contribution < 1.29 is 8.42 Å². The SMILES string of the molecule is O=S(=O)(c1ccc2nc(-c3ccccc3)[nH]c2c1)N1CC=C(c2ccccc2)CC1. The molecular formula is C24H21N3O2S. The fourth-order valence-corrected chi connectivity index (χ4v) is 5.22. The van der Waals surface area contributed by atoms with E-state index in [4.69, 9.17) is 0 Å². The number of fused-ring (bicyclic) bond motifs is 1. The molecule has 5 nitrogen and oxygen atoms in total. The van der Waals surface area contributed by atoms with Gasteiger partial charge < -0.3 is 4.98 Å². The molecule has 0 radical (unpaired) electrons. The van der Waals surface area contributed by atoms with E-state index in [1.807, 2.05) is 54.6 Å². The summed E-state index contributed by atoms with van der Waals surface area (Å²) < 4.78 is 28.0. The molecule has 0 unspecified atom stereocenters. The van der Waals surface area contributed by atoms with Crippen LogP contribution in [0.1, 0.15) is 12.0 Å². The van der Waals surface area contributed by atoms with Crippen LogP contribution in [0.4, 0.5) is 0 Å². The van der Waals surface area contributed by atoms with Gasteiger partial charge in [-0.2, -0.15) is 4.31 Å². The maximum Gasteiger partial charge on any atom is 0.243 e. The summed E-state index contributed by atoms with van der Waals surface area (Å²) in [5, 5.41) is 0. The van der Waals surface area contributed by atoms with Gasteiger partial charge in [0.15, 0.2) is 0 Å². The van der Waals surface area contributed by atoms with Crippen LogP contribution in [0.3, 0.4) is 0 Å². The number of aromatic amines is 1. The van der Waals surface area contributed by atoms with Crippen molar-refractivity contribution in [2.75, 3.05) is 13.1 Å². The van der Waals surface area contributed by atoms with E-state index in [0.717, 1.165) is 22.5 Å². The van der Waals surface area contributed by atoms with Gasteiger partial charge in [-0.15, -0.1) is 0 Å². The van der Waals surface area contributed by atoms with Crippen LogP contribution in [0.5, 0.6) is 0 Å². The first-order valence-electron chi connectivity index (χ1n) is 9.91. The molecule has 0 bridgehead atoms. The van der Waals surface area contributed by atoms with Gasteiger partial charge >= 0.3 is 0 Å². The third kappa shape index (κ3) is 3.44. The maximum absolute atomic E-state index is 13.2. The summed E-state index contributed by atoms with van der Waals surface area (Å²) in [6, 6.07) is 25.0. The molecular weight excluding hydrogens is 394 g/mol. The van der Waals surface area contributed by atoms with E-state index >= 15 is 0 Å². The zero-order valence-electron chi connectivity index (χ0n) is 16.3. The number of sulfonamides is 1. The Morgan fingerprint density at radius 2 is 1.57 bits per heavy atom. The number of hydrogen-bond acceptors (Lipinski definition) is 3. The third-order valence-corrected chi connectivity index (χ3v) is 7.32. The summed E-state index contributed by atoms with van der Waals surface area (Å²) in [5.74, 6) is 0.730. The number of H-pyrrole nitrogens is 1. The Bertz CT molecular complexity index is 1330. The number of aromatic nitrogens is 2. The second-order valence-electron chi connectivity index (χ2n) is 7.34. The predicted octanol–water partition coefficient (Wildman–Crippen LogP) is 4.71. The lowest BCUT2D eigenvalue weighted by Gasteiger charge is -2.26. The Morgan fingerprint density at radius 3 is 2.23 bits per heavy atom. The van der Waals surface area contributed by atoms with Crippen molar-refractivity contribution in [3.63, 3.8) is 0 Å². The number of imidazole rings is 1. The van der Waals surface area contributed by atoms with Crippen molar-refractivity contribution in [2.24, 2.45) is 0 Å². The van der Waals surface area contributed by atoms with E-state index in [1.165, 1.54) is 9.88 Å². The molecule has 1 aliphatic rings. The molecule has 150 valence electrons. The topological polar surface area (TPSA) is 66.1 Å². The second kappa shape index (κ2) is 7.55. The quantitative estimate of drug-likeness (QED) is 0.525. The second-order valence-corrected chi connectivity index (χ2v) is 9.28. The Hall–Kier alpha value is -3.22. The first-order chi connectivity index (χ1) is 14.6. The van der Waals surface area contributed by atoms with Crippen LogP contribution in [0.25, 0.3) is 28.0 Å². The third-order valence-electron chi connectivity index (χ3n) is 5.45. The lowest BCUT2D eigenvalue weighted by molar-refractivity contribution is 0.441. The summed E-state index contributed by atoms with van der Waals surface area (Å²) in [5.41, 5.74) is 4.78. The van der Waals surface area contributed by atoms with Gasteiger partial charge in [-0.05, 0) is 35.8 Å². The Balaban J connectivity index is 1.42. The zero-order chi connectivity index (χ0) is 20.6. The van der Waals surface area contributed by atoms with Crippen molar-refractivity contribution in [1.29, 1.82) is 0 Å². The van der Waals surface area contributed by atoms with Crippen LogP contribution in [-0.2, 0) is 10.0 Å². The average Bonchev–Trinajstić information content (AvgIpc) is 3.24. The number of hydrogen-bond donors (Lipinski definition) is 1. The van der Waals surface area contributed by atoms with Crippen LogP contribution in [-0.4, -0.2) is 35.8 Å². The minimum absolute atomic E-state index is 0.287. The molecule has 0 aliphatic carbocycles. The highest BCUT2D eigenvalue weighted by Crippen LogP contribution is 2.28. The number of nitrogens with one attached hydrogen (secondary N) is 1. The highest BCUT2D eigenvalue weighted by Gasteiger charge is 2.27.